The molecule has 0 radical (unpaired) electrons. The molecular formula is C20H21ClF4N2OS. The van der Waals surface area contributed by atoms with Crippen molar-refractivity contribution in [3.8, 4) is 5.75 Å². The molecule has 9 heteroatoms. The maximum absolute atomic E-state index is 13.2. The predicted octanol–water partition coefficient (Wildman–Crippen LogP) is 6.96. The maximum atomic E-state index is 13.2. The van der Waals surface area contributed by atoms with Crippen molar-refractivity contribution in [2.24, 2.45) is 4.99 Å². The summed E-state index contributed by atoms with van der Waals surface area (Å²) in [4.78, 5) is 7.82. The lowest BCUT2D eigenvalue weighted by atomic mass is 10.1. The van der Waals surface area contributed by atoms with E-state index in [-0.39, 0.29) is 5.02 Å². The lowest BCUT2D eigenvalue weighted by molar-refractivity contribution is -0.253. The molecule has 0 aliphatic heterocycles. The van der Waals surface area contributed by atoms with E-state index in [0.717, 1.165) is 28.3 Å². The second-order valence-electron chi connectivity index (χ2n) is 6.38. The van der Waals surface area contributed by atoms with Crippen LogP contribution >= 0.6 is 23.4 Å². The van der Waals surface area contributed by atoms with Crippen molar-refractivity contribution in [3.05, 3.63) is 46.5 Å². The molecule has 29 heavy (non-hydrogen) atoms. The molecule has 2 aromatic rings. The number of hydrogen-bond acceptors (Lipinski definition) is 3. The number of alkyl halides is 4. The normalized spacial score (nSPS) is 12.1. The van der Waals surface area contributed by atoms with Gasteiger partial charge in [0, 0.05) is 23.4 Å². The van der Waals surface area contributed by atoms with Crippen molar-refractivity contribution in [1.82, 2.24) is 4.90 Å². The Hall–Kier alpha value is -1.93. The summed E-state index contributed by atoms with van der Waals surface area (Å²) < 4.78 is 55.4. The minimum atomic E-state index is -4.62. The summed E-state index contributed by atoms with van der Waals surface area (Å²) in [6.07, 6.45) is -6.83. The topological polar surface area (TPSA) is 24.8 Å². The molecule has 0 aliphatic carbocycles. The van der Waals surface area contributed by atoms with E-state index >= 15 is 0 Å². The van der Waals surface area contributed by atoms with Crippen molar-refractivity contribution in [3.63, 3.8) is 0 Å². The van der Waals surface area contributed by atoms with Gasteiger partial charge in [0.05, 0.1) is 17.0 Å². The highest BCUT2D eigenvalue weighted by Crippen LogP contribution is 2.39. The molecule has 0 saturated carbocycles. The Kier molecular flexibility index (Phi) is 7.82. The molecule has 0 atom stereocenters. The molecule has 158 valence electrons. The van der Waals surface area contributed by atoms with Crippen LogP contribution in [0.5, 0.6) is 5.75 Å². The number of aliphatic imine (C=N–C) groups is 1. The fraction of sp³-hybridized carbons (Fsp3) is 0.350. The monoisotopic (exact) mass is 448 g/mol. The third-order valence-electron chi connectivity index (χ3n) is 4.02. The van der Waals surface area contributed by atoms with Crippen LogP contribution in [-0.2, 0) is 0 Å². The van der Waals surface area contributed by atoms with Gasteiger partial charge in [-0.3, -0.25) is 0 Å². The molecule has 0 saturated heterocycles. The van der Waals surface area contributed by atoms with Gasteiger partial charge >= 0.3 is 12.5 Å². The zero-order valence-electron chi connectivity index (χ0n) is 16.3. The first-order valence-corrected chi connectivity index (χ1v) is 9.91. The van der Waals surface area contributed by atoms with Gasteiger partial charge < -0.3 is 9.64 Å². The Bertz CT molecular complexity index is 893. The Balaban J connectivity index is 2.27. The van der Waals surface area contributed by atoms with Gasteiger partial charge in [-0.15, -0.1) is 0 Å². The third-order valence-corrected chi connectivity index (χ3v) is 5.48. The maximum Gasteiger partial charge on any atom is 0.461 e. The minimum absolute atomic E-state index is 0.174. The average molecular weight is 449 g/mol. The minimum Gasteiger partial charge on any atom is -0.427 e. The number of rotatable bonds is 8. The van der Waals surface area contributed by atoms with Crippen LogP contribution in [0.3, 0.4) is 0 Å². The lowest BCUT2D eigenvalue weighted by Gasteiger charge is -2.18. The molecule has 0 aromatic heterocycles. The van der Waals surface area contributed by atoms with Gasteiger partial charge in [0.2, 0.25) is 0 Å². The summed E-state index contributed by atoms with van der Waals surface area (Å²) in [5, 5.41) is -0.174. The number of ether oxygens (including phenoxy) is 1. The summed E-state index contributed by atoms with van der Waals surface area (Å²) in [6.45, 7) is 6.68. The standard InChI is InChI=1S/C20H21ClF4N2OS/c1-5-27(4)11-26-16-8-13(3)18(9-12(16)2)29-14-6-7-15(21)17(10-14)28-20(24,25)19(22)23/h6-11,19H,5H2,1-4H3. The molecule has 2 aromatic carbocycles. The van der Waals surface area contributed by atoms with Crippen LogP contribution in [0, 0.1) is 13.8 Å². The Morgan fingerprint density at radius 1 is 1.21 bits per heavy atom. The lowest BCUT2D eigenvalue weighted by Crippen LogP contribution is -2.33. The zero-order valence-corrected chi connectivity index (χ0v) is 17.9. The first-order chi connectivity index (χ1) is 13.5. The highest BCUT2D eigenvalue weighted by atomic mass is 35.5. The van der Waals surface area contributed by atoms with Crippen LogP contribution in [0.1, 0.15) is 18.1 Å². The summed E-state index contributed by atoms with van der Waals surface area (Å²) in [7, 11) is 1.92. The van der Waals surface area contributed by atoms with E-state index in [1.807, 2.05) is 44.9 Å². The number of halogens is 5. The van der Waals surface area contributed by atoms with Gasteiger partial charge in [-0.2, -0.15) is 17.6 Å². The second kappa shape index (κ2) is 9.71. The van der Waals surface area contributed by atoms with Crippen LogP contribution in [-0.4, -0.2) is 37.4 Å². The Morgan fingerprint density at radius 3 is 2.52 bits per heavy atom. The van der Waals surface area contributed by atoms with Crippen molar-refractivity contribution >= 4 is 35.4 Å². The van der Waals surface area contributed by atoms with Crippen molar-refractivity contribution in [2.45, 2.75) is 43.1 Å². The van der Waals surface area contributed by atoms with E-state index in [2.05, 4.69) is 9.73 Å². The highest BCUT2D eigenvalue weighted by molar-refractivity contribution is 7.99. The van der Waals surface area contributed by atoms with E-state index in [0.29, 0.717) is 4.90 Å². The fourth-order valence-electron chi connectivity index (χ4n) is 2.21. The van der Waals surface area contributed by atoms with Gasteiger partial charge in [-0.25, -0.2) is 4.99 Å². The van der Waals surface area contributed by atoms with E-state index in [4.69, 9.17) is 11.6 Å². The molecule has 0 aliphatic rings. The smallest absolute Gasteiger partial charge is 0.427 e. The van der Waals surface area contributed by atoms with E-state index in [1.54, 1.807) is 12.4 Å². The molecule has 2 rings (SSSR count). The molecule has 3 nitrogen and oxygen atoms in total. The first kappa shape index (κ1) is 23.3. The molecule has 0 amide bonds. The largest absolute Gasteiger partial charge is 0.461 e. The predicted molar refractivity (Wildman–Crippen MR) is 110 cm³/mol. The zero-order chi connectivity index (χ0) is 21.8. The van der Waals surface area contributed by atoms with Crippen molar-refractivity contribution in [1.29, 1.82) is 0 Å². The average Bonchev–Trinajstić information content (AvgIpc) is 2.65. The van der Waals surface area contributed by atoms with Gasteiger partial charge in [0.25, 0.3) is 0 Å². The van der Waals surface area contributed by atoms with Crippen molar-refractivity contribution < 1.29 is 22.3 Å². The summed E-state index contributed by atoms with van der Waals surface area (Å²) in [5.41, 5.74) is 2.69. The van der Waals surface area contributed by atoms with Crippen LogP contribution in [0.15, 0.2) is 45.1 Å². The van der Waals surface area contributed by atoms with Gasteiger partial charge in [0.1, 0.15) is 5.75 Å². The Morgan fingerprint density at radius 2 is 1.90 bits per heavy atom. The highest BCUT2D eigenvalue weighted by Gasteiger charge is 2.44. The second-order valence-corrected chi connectivity index (χ2v) is 7.90. The number of hydrogen-bond donors (Lipinski definition) is 0. The van der Waals surface area contributed by atoms with E-state index in [9.17, 15) is 17.6 Å². The quantitative estimate of drug-likeness (QED) is 0.248. The van der Waals surface area contributed by atoms with Crippen LogP contribution in [0.4, 0.5) is 23.2 Å². The molecular weight excluding hydrogens is 428 g/mol. The molecule has 0 fully saturated rings. The van der Waals surface area contributed by atoms with Crippen LogP contribution in [0.2, 0.25) is 5.02 Å². The number of aryl methyl sites for hydroxylation is 2. The van der Waals surface area contributed by atoms with Gasteiger partial charge in [-0.1, -0.05) is 23.4 Å². The molecule has 0 bridgehead atoms. The SMILES string of the molecule is CCN(C)C=Nc1cc(C)c(Sc2ccc(Cl)c(OC(F)(F)C(F)F)c2)cc1C. The third kappa shape index (κ3) is 6.27. The summed E-state index contributed by atoms with van der Waals surface area (Å²) in [5.74, 6) is -0.500. The molecule has 0 spiro atoms. The number of benzene rings is 2. The summed E-state index contributed by atoms with van der Waals surface area (Å²) >= 11 is 7.12. The van der Waals surface area contributed by atoms with Gasteiger partial charge in [0.15, 0.2) is 0 Å². The molecule has 0 N–H and O–H groups in total. The Labute approximate surface area is 176 Å². The van der Waals surface area contributed by atoms with E-state index < -0.39 is 18.3 Å². The van der Waals surface area contributed by atoms with Crippen LogP contribution < -0.4 is 4.74 Å². The van der Waals surface area contributed by atoms with E-state index in [1.165, 1.54) is 23.9 Å². The first-order valence-electron chi connectivity index (χ1n) is 8.71. The fourth-order valence-corrected chi connectivity index (χ4v) is 3.38. The van der Waals surface area contributed by atoms with Gasteiger partial charge in [-0.05, 0) is 62.2 Å². The molecule has 0 heterocycles. The summed E-state index contributed by atoms with van der Waals surface area (Å²) in [6, 6.07) is 8.03. The van der Waals surface area contributed by atoms with Crippen molar-refractivity contribution in [2.75, 3.05) is 13.6 Å². The molecule has 0 unspecified atom stereocenters. The number of nitrogens with zero attached hydrogens (tertiary/aromatic N) is 2. The van der Waals surface area contributed by atoms with Crippen LogP contribution in [0.25, 0.3) is 0 Å².